The van der Waals surface area contributed by atoms with E-state index in [2.05, 4.69) is 9.88 Å². The molecule has 2 amide bonds. The molecule has 0 aliphatic carbocycles. The second-order valence-electron chi connectivity index (χ2n) is 6.76. The Morgan fingerprint density at radius 1 is 1.19 bits per heavy atom. The van der Waals surface area contributed by atoms with E-state index in [-0.39, 0.29) is 18.4 Å². The first-order valence-electron chi connectivity index (χ1n) is 9.16. The van der Waals surface area contributed by atoms with Crippen LogP contribution in [0.3, 0.4) is 0 Å². The lowest BCUT2D eigenvalue weighted by Crippen LogP contribution is -2.50. The Kier molecular flexibility index (Phi) is 4.70. The van der Waals surface area contributed by atoms with Crippen molar-refractivity contribution in [2.24, 2.45) is 7.05 Å². The zero-order valence-electron chi connectivity index (χ0n) is 15.4. The summed E-state index contributed by atoms with van der Waals surface area (Å²) >= 11 is 0. The largest absolute Gasteiger partial charge is 0.482 e. The van der Waals surface area contributed by atoms with Crippen molar-refractivity contribution in [1.29, 1.82) is 0 Å². The third kappa shape index (κ3) is 3.47. The SMILES string of the molecule is Cn1ccnc1N1CCN(C(=O)CCN2C(=O)COc3ccccc32)CC1. The molecule has 0 radical (unpaired) electrons. The van der Waals surface area contributed by atoms with E-state index in [9.17, 15) is 9.59 Å². The van der Waals surface area contributed by atoms with Gasteiger partial charge in [-0.05, 0) is 12.1 Å². The minimum atomic E-state index is -0.110. The molecule has 8 nitrogen and oxygen atoms in total. The molecule has 0 atom stereocenters. The van der Waals surface area contributed by atoms with Crippen LogP contribution in [0.1, 0.15) is 6.42 Å². The molecule has 0 spiro atoms. The van der Waals surface area contributed by atoms with Gasteiger partial charge in [0.15, 0.2) is 6.61 Å². The Labute approximate surface area is 157 Å². The summed E-state index contributed by atoms with van der Waals surface area (Å²) in [5.41, 5.74) is 0.737. The van der Waals surface area contributed by atoms with Crippen LogP contribution in [0, 0.1) is 0 Å². The van der Waals surface area contributed by atoms with Gasteiger partial charge in [-0.15, -0.1) is 0 Å². The first-order chi connectivity index (χ1) is 13.1. The van der Waals surface area contributed by atoms with Crippen molar-refractivity contribution < 1.29 is 14.3 Å². The van der Waals surface area contributed by atoms with Crippen LogP contribution in [0.4, 0.5) is 11.6 Å². The minimum Gasteiger partial charge on any atom is -0.482 e. The first-order valence-corrected chi connectivity index (χ1v) is 9.16. The summed E-state index contributed by atoms with van der Waals surface area (Å²) in [4.78, 5) is 34.9. The van der Waals surface area contributed by atoms with Gasteiger partial charge in [0.2, 0.25) is 11.9 Å². The van der Waals surface area contributed by atoms with Crippen molar-refractivity contribution in [1.82, 2.24) is 14.5 Å². The van der Waals surface area contributed by atoms with Crippen molar-refractivity contribution in [2.45, 2.75) is 6.42 Å². The second-order valence-corrected chi connectivity index (χ2v) is 6.76. The lowest BCUT2D eigenvalue weighted by Gasteiger charge is -2.36. The molecule has 1 saturated heterocycles. The third-order valence-electron chi connectivity index (χ3n) is 5.07. The van der Waals surface area contributed by atoms with Gasteiger partial charge in [-0.25, -0.2) is 4.98 Å². The van der Waals surface area contributed by atoms with Crippen LogP contribution in [0.2, 0.25) is 0 Å². The van der Waals surface area contributed by atoms with E-state index in [4.69, 9.17) is 4.74 Å². The van der Waals surface area contributed by atoms with Gasteiger partial charge in [0.1, 0.15) is 5.75 Å². The van der Waals surface area contributed by atoms with Crippen LogP contribution < -0.4 is 14.5 Å². The van der Waals surface area contributed by atoms with Gasteiger partial charge < -0.3 is 24.0 Å². The number of anilines is 2. The van der Waals surface area contributed by atoms with Crippen LogP contribution in [0.15, 0.2) is 36.7 Å². The van der Waals surface area contributed by atoms with Gasteiger partial charge in [0.25, 0.3) is 5.91 Å². The molecule has 8 heteroatoms. The van der Waals surface area contributed by atoms with Crippen LogP contribution in [0.5, 0.6) is 5.75 Å². The fourth-order valence-electron chi connectivity index (χ4n) is 3.58. The van der Waals surface area contributed by atoms with Crippen molar-refractivity contribution >= 4 is 23.5 Å². The van der Waals surface area contributed by atoms with Crippen molar-refractivity contribution in [3.63, 3.8) is 0 Å². The molecule has 0 N–H and O–H groups in total. The van der Waals surface area contributed by atoms with E-state index in [1.165, 1.54) is 0 Å². The van der Waals surface area contributed by atoms with E-state index in [0.717, 1.165) is 24.7 Å². The van der Waals surface area contributed by atoms with Gasteiger partial charge in [0.05, 0.1) is 5.69 Å². The summed E-state index contributed by atoms with van der Waals surface area (Å²) in [6.45, 7) is 3.25. The van der Waals surface area contributed by atoms with Crippen LogP contribution in [-0.4, -0.2) is 65.6 Å². The van der Waals surface area contributed by atoms with Gasteiger partial charge in [0, 0.05) is 58.6 Å². The fourth-order valence-corrected chi connectivity index (χ4v) is 3.58. The third-order valence-corrected chi connectivity index (χ3v) is 5.07. The number of piperazine rings is 1. The Balaban J connectivity index is 1.33. The van der Waals surface area contributed by atoms with E-state index in [0.29, 0.717) is 31.8 Å². The molecule has 1 aromatic carbocycles. The molecule has 142 valence electrons. The summed E-state index contributed by atoms with van der Waals surface area (Å²) < 4.78 is 7.43. The smallest absolute Gasteiger partial charge is 0.265 e. The second kappa shape index (κ2) is 7.30. The predicted molar refractivity (Wildman–Crippen MR) is 101 cm³/mol. The Morgan fingerprint density at radius 3 is 2.70 bits per heavy atom. The molecule has 2 aromatic rings. The van der Waals surface area contributed by atoms with Crippen LogP contribution in [-0.2, 0) is 16.6 Å². The number of aryl methyl sites for hydroxylation is 1. The molecule has 1 fully saturated rings. The Hall–Kier alpha value is -3.03. The van der Waals surface area contributed by atoms with Crippen LogP contribution >= 0.6 is 0 Å². The van der Waals surface area contributed by atoms with Gasteiger partial charge >= 0.3 is 0 Å². The molecule has 3 heterocycles. The first kappa shape index (κ1) is 17.4. The fraction of sp³-hybridized carbons (Fsp3) is 0.421. The van der Waals surface area contributed by atoms with E-state index in [1.807, 2.05) is 47.0 Å². The molecular formula is C19H23N5O3. The number of nitrogens with zero attached hydrogens (tertiary/aromatic N) is 5. The number of imidazole rings is 1. The number of para-hydroxylation sites is 2. The molecule has 2 aliphatic rings. The van der Waals surface area contributed by atoms with Crippen molar-refractivity contribution in [2.75, 3.05) is 49.1 Å². The van der Waals surface area contributed by atoms with E-state index >= 15 is 0 Å². The topological polar surface area (TPSA) is 70.9 Å². The summed E-state index contributed by atoms with van der Waals surface area (Å²) in [7, 11) is 1.97. The summed E-state index contributed by atoms with van der Waals surface area (Å²) in [6.07, 6.45) is 4.01. The zero-order chi connectivity index (χ0) is 18.8. The van der Waals surface area contributed by atoms with Crippen LogP contribution in [0.25, 0.3) is 0 Å². The quantitative estimate of drug-likeness (QED) is 0.800. The zero-order valence-corrected chi connectivity index (χ0v) is 15.4. The number of carbonyl (C=O) groups is 2. The van der Waals surface area contributed by atoms with E-state index < -0.39 is 0 Å². The predicted octanol–water partition coefficient (Wildman–Crippen LogP) is 0.884. The lowest BCUT2D eigenvalue weighted by molar-refractivity contribution is -0.131. The van der Waals surface area contributed by atoms with Crippen molar-refractivity contribution in [3.8, 4) is 5.75 Å². The Bertz CT molecular complexity index is 841. The molecule has 1 aromatic heterocycles. The summed E-state index contributed by atoms with van der Waals surface area (Å²) in [6, 6.07) is 7.43. The highest BCUT2D eigenvalue weighted by Crippen LogP contribution is 2.31. The average Bonchev–Trinajstić information content (AvgIpc) is 3.13. The number of ether oxygens (including phenoxy) is 1. The highest BCUT2D eigenvalue weighted by Gasteiger charge is 2.27. The minimum absolute atomic E-state index is 0.0214. The maximum absolute atomic E-state index is 12.6. The molecular weight excluding hydrogens is 346 g/mol. The Morgan fingerprint density at radius 2 is 1.96 bits per heavy atom. The van der Waals surface area contributed by atoms with Gasteiger partial charge in [-0.3, -0.25) is 9.59 Å². The maximum Gasteiger partial charge on any atom is 0.265 e. The molecule has 2 aliphatic heterocycles. The number of carbonyl (C=O) groups excluding carboxylic acids is 2. The highest BCUT2D eigenvalue weighted by molar-refractivity contribution is 5.98. The number of rotatable bonds is 4. The highest BCUT2D eigenvalue weighted by atomic mass is 16.5. The number of amides is 2. The molecule has 0 unspecified atom stereocenters. The summed E-state index contributed by atoms with van der Waals surface area (Å²) in [5, 5.41) is 0. The number of hydrogen-bond acceptors (Lipinski definition) is 5. The van der Waals surface area contributed by atoms with Gasteiger partial charge in [-0.2, -0.15) is 0 Å². The summed E-state index contributed by atoms with van der Waals surface area (Å²) in [5.74, 6) is 1.58. The van der Waals surface area contributed by atoms with Gasteiger partial charge in [-0.1, -0.05) is 12.1 Å². The number of hydrogen-bond donors (Lipinski definition) is 0. The molecule has 0 bridgehead atoms. The number of aromatic nitrogens is 2. The molecule has 27 heavy (non-hydrogen) atoms. The number of benzene rings is 1. The number of fused-ring (bicyclic) bond motifs is 1. The normalized spacial score (nSPS) is 16.9. The van der Waals surface area contributed by atoms with E-state index in [1.54, 1.807) is 11.1 Å². The lowest BCUT2D eigenvalue weighted by atomic mass is 10.2. The van der Waals surface area contributed by atoms with Crippen molar-refractivity contribution in [3.05, 3.63) is 36.7 Å². The maximum atomic E-state index is 12.6. The molecule has 0 saturated carbocycles. The monoisotopic (exact) mass is 369 g/mol. The molecule has 4 rings (SSSR count). The average molecular weight is 369 g/mol. The standard InChI is InChI=1S/C19H23N5O3/c1-21-9-7-20-19(21)23-12-10-22(11-13-23)17(25)6-8-24-15-4-2-3-5-16(15)27-14-18(24)26/h2-5,7,9H,6,8,10-14H2,1H3.